The first-order chi connectivity index (χ1) is 14.7. The van der Waals surface area contributed by atoms with E-state index in [4.69, 9.17) is 0 Å². The van der Waals surface area contributed by atoms with Gasteiger partial charge in [-0.3, -0.25) is 0 Å². The molecule has 0 bridgehead atoms. The fourth-order valence-corrected chi connectivity index (χ4v) is 19.7. The van der Waals surface area contributed by atoms with E-state index in [2.05, 4.69) is 104 Å². The van der Waals surface area contributed by atoms with Crippen LogP contribution in [0.5, 0.6) is 0 Å². The van der Waals surface area contributed by atoms with E-state index in [1.54, 1.807) is 10.7 Å². The molecule has 0 saturated carbocycles. The topological polar surface area (TPSA) is 0 Å². The Morgan fingerprint density at radius 1 is 0.500 bits per heavy atom. The number of hydrogen-bond acceptors (Lipinski definition) is 0. The van der Waals surface area contributed by atoms with Crippen molar-refractivity contribution in [1.29, 1.82) is 0 Å². The predicted molar refractivity (Wildman–Crippen MR) is 139 cm³/mol. The van der Waals surface area contributed by atoms with Gasteiger partial charge < -0.3 is 0 Å². The van der Waals surface area contributed by atoms with Crippen LogP contribution in [0.25, 0.3) is 0 Å². The normalized spacial score (nSPS) is 11.7. The summed E-state index contributed by atoms with van der Waals surface area (Å²) in [6.45, 7) is 4.88. The Hall–Kier alpha value is -1.32. The second kappa shape index (κ2) is 12.5. The standard InChI is InChI=1S/C10H22Si.3C6H5.Sn/c1-4-5-6-7-8-9-10-11(2)3;3*1-2-4-6-5-3-1;/h1,4-10H2,2-3H3;3*1-5H;. The van der Waals surface area contributed by atoms with Gasteiger partial charge >= 0.3 is 191 Å². The Balaban J connectivity index is 1.78. The summed E-state index contributed by atoms with van der Waals surface area (Å²) in [6, 6.07) is 35.9. The Kier molecular flexibility index (Phi) is 9.73. The molecule has 0 spiro atoms. The van der Waals surface area contributed by atoms with Gasteiger partial charge in [-0.15, -0.1) is 0 Å². The third-order valence-electron chi connectivity index (χ3n) is 6.28. The molecule has 30 heavy (non-hydrogen) atoms. The maximum atomic E-state index is 2.44. The van der Waals surface area contributed by atoms with Crippen LogP contribution in [0.2, 0.25) is 23.6 Å². The van der Waals surface area contributed by atoms with E-state index in [9.17, 15) is 0 Å². The molecule has 0 saturated heterocycles. The van der Waals surface area contributed by atoms with Gasteiger partial charge in [0, 0.05) is 0 Å². The fourth-order valence-electron chi connectivity index (χ4n) is 4.68. The summed E-state index contributed by atoms with van der Waals surface area (Å²) in [4.78, 5) is 0. The van der Waals surface area contributed by atoms with Crippen molar-refractivity contribution in [1.82, 2.24) is 0 Å². The van der Waals surface area contributed by atoms with Crippen LogP contribution in [0.15, 0.2) is 91.0 Å². The van der Waals surface area contributed by atoms with Crippen molar-refractivity contribution >= 4 is 37.9 Å². The van der Waals surface area contributed by atoms with Crippen molar-refractivity contribution in [2.75, 3.05) is 0 Å². The zero-order valence-electron chi connectivity index (χ0n) is 18.8. The molecule has 1 radical (unpaired) electrons. The monoisotopic (exact) mass is 521 g/mol. The van der Waals surface area contributed by atoms with Gasteiger partial charge in [-0.05, 0) is 0 Å². The zero-order valence-corrected chi connectivity index (χ0v) is 22.7. The second-order valence-corrected chi connectivity index (χ2v) is 23.3. The molecular formula is C28H37SiSn. The molecule has 0 aromatic heterocycles. The van der Waals surface area contributed by atoms with Crippen molar-refractivity contribution in [2.24, 2.45) is 0 Å². The summed E-state index contributed by atoms with van der Waals surface area (Å²) in [7, 11) is -0.0335. The quantitative estimate of drug-likeness (QED) is 0.196. The molecule has 0 aliphatic heterocycles. The van der Waals surface area contributed by atoms with Crippen molar-refractivity contribution in [3.8, 4) is 0 Å². The average molecular weight is 520 g/mol. The number of hydrogen-bond donors (Lipinski definition) is 0. The maximum absolute atomic E-state index is 3.00. The van der Waals surface area contributed by atoms with Gasteiger partial charge in [-0.25, -0.2) is 0 Å². The summed E-state index contributed by atoms with van der Waals surface area (Å²) >= 11 is -3.00. The summed E-state index contributed by atoms with van der Waals surface area (Å²) in [6.07, 6.45) is 8.42. The Morgan fingerprint density at radius 2 is 0.867 bits per heavy atom. The van der Waals surface area contributed by atoms with Gasteiger partial charge in [0.1, 0.15) is 0 Å². The van der Waals surface area contributed by atoms with Crippen molar-refractivity contribution in [2.45, 2.75) is 62.1 Å². The first-order valence-electron chi connectivity index (χ1n) is 11.7. The third-order valence-corrected chi connectivity index (χ3v) is 22.1. The van der Waals surface area contributed by atoms with Crippen molar-refractivity contribution < 1.29 is 0 Å². The zero-order chi connectivity index (χ0) is 21.1. The Labute approximate surface area is 190 Å². The molecule has 0 amide bonds. The van der Waals surface area contributed by atoms with Crippen LogP contribution in [0.4, 0.5) is 0 Å². The van der Waals surface area contributed by atoms with Crippen LogP contribution in [-0.2, 0) is 0 Å². The van der Waals surface area contributed by atoms with E-state index in [1.165, 1.54) is 49.0 Å². The number of benzene rings is 3. The first-order valence-corrected chi connectivity index (χ1v) is 20.7. The molecule has 3 aromatic carbocycles. The van der Waals surface area contributed by atoms with Crippen molar-refractivity contribution in [3.63, 3.8) is 0 Å². The van der Waals surface area contributed by atoms with Crippen LogP contribution in [0, 0.1) is 0 Å². The first kappa shape index (κ1) is 23.3. The summed E-state index contributed by atoms with van der Waals surface area (Å²) in [5.74, 6) is 0. The van der Waals surface area contributed by atoms with E-state index < -0.39 is 18.4 Å². The molecule has 0 N–H and O–H groups in total. The van der Waals surface area contributed by atoms with Crippen LogP contribution in [-0.4, -0.2) is 27.2 Å². The van der Waals surface area contributed by atoms with Crippen LogP contribution >= 0.6 is 0 Å². The molecule has 0 atom stereocenters. The minimum absolute atomic E-state index is 0.0335. The van der Waals surface area contributed by atoms with E-state index in [1.807, 2.05) is 0 Å². The molecule has 0 unspecified atom stereocenters. The van der Waals surface area contributed by atoms with Crippen molar-refractivity contribution in [3.05, 3.63) is 91.0 Å². The molecule has 0 aliphatic rings. The third kappa shape index (κ3) is 6.34. The molecule has 0 nitrogen and oxygen atoms in total. The van der Waals surface area contributed by atoms with Gasteiger partial charge in [0.15, 0.2) is 0 Å². The van der Waals surface area contributed by atoms with Gasteiger partial charge in [-0.2, -0.15) is 0 Å². The number of rotatable bonds is 12. The summed E-state index contributed by atoms with van der Waals surface area (Å²) < 4.78 is 6.21. The second-order valence-electron chi connectivity index (χ2n) is 8.83. The van der Waals surface area contributed by atoms with Gasteiger partial charge in [0.2, 0.25) is 0 Å². The van der Waals surface area contributed by atoms with Crippen LogP contribution < -0.4 is 10.7 Å². The van der Waals surface area contributed by atoms with E-state index in [0.29, 0.717) is 0 Å². The molecule has 0 fully saturated rings. The molecule has 3 rings (SSSR count). The number of unbranched alkanes of at least 4 members (excludes halogenated alkanes) is 5. The van der Waals surface area contributed by atoms with Gasteiger partial charge in [-0.1, -0.05) is 0 Å². The van der Waals surface area contributed by atoms with Crippen LogP contribution in [0.3, 0.4) is 0 Å². The van der Waals surface area contributed by atoms with E-state index in [0.717, 1.165) is 0 Å². The summed E-state index contributed by atoms with van der Waals surface area (Å²) in [5.41, 5.74) is 0. The van der Waals surface area contributed by atoms with Crippen LogP contribution in [0.1, 0.15) is 38.5 Å². The molecule has 3 aromatic rings. The fraction of sp³-hybridized carbons (Fsp3) is 0.357. The SMILES string of the molecule is C[Si](C)CCCCCCC[CH2][Sn]([c]1ccccc1)([c]1ccccc1)[c]1ccccc1. The average Bonchev–Trinajstić information content (AvgIpc) is 2.80. The molecule has 0 heterocycles. The minimum atomic E-state index is -3.00. The Bertz CT molecular complexity index is 734. The van der Waals surface area contributed by atoms with Gasteiger partial charge in [0.25, 0.3) is 0 Å². The van der Waals surface area contributed by atoms with E-state index in [-0.39, 0.29) is 8.80 Å². The van der Waals surface area contributed by atoms with Gasteiger partial charge in [0.05, 0.1) is 0 Å². The predicted octanol–water partition coefficient (Wildman–Crippen LogP) is 6.25. The molecule has 2 heteroatoms. The summed E-state index contributed by atoms with van der Waals surface area (Å²) in [5, 5.41) is 0. The molecule has 0 aliphatic carbocycles. The molecular weight excluding hydrogens is 483 g/mol. The molecule has 157 valence electrons. The Morgan fingerprint density at radius 3 is 1.27 bits per heavy atom. The van der Waals surface area contributed by atoms with E-state index >= 15 is 0 Å².